The van der Waals surface area contributed by atoms with Crippen LogP contribution in [0.5, 0.6) is 5.75 Å². The number of fused-ring (bicyclic) bond motifs is 1. The Hall–Kier alpha value is -1.99. The zero-order valence-electron chi connectivity index (χ0n) is 16.0. The molecule has 0 radical (unpaired) electrons. The van der Waals surface area contributed by atoms with Gasteiger partial charge in [-0.05, 0) is 44.4 Å². The second kappa shape index (κ2) is 9.47. The van der Waals surface area contributed by atoms with E-state index in [-0.39, 0.29) is 18.4 Å². The first-order valence-electron chi connectivity index (χ1n) is 9.92. The number of hydrogen-bond donors (Lipinski definition) is 3. The second-order valence-corrected chi connectivity index (χ2v) is 7.98. The summed E-state index contributed by atoms with van der Waals surface area (Å²) >= 11 is 6.04. The number of rotatable bonds is 8. The number of carbonyl (C=O) groups excluding carboxylic acids is 1. The molecule has 0 spiro atoms. The highest BCUT2D eigenvalue weighted by Crippen LogP contribution is 2.37. The number of carboxylic acid groups (broad SMARTS) is 1. The van der Waals surface area contributed by atoms with Crippen molar-refractivity contribution in [3.8, 4) is 5.75 Å². The summed E-state index contributed by atoms with van der Waals surface area (Å²) in [5.41, 5.74) is 7.29. The average molecular weight is 410 g/mol. The van der Waals surface area contributed by atoms with E-state index in [1.54, 1.807) is 12.1 Å². The maximum atomic E-state index is 12.6. The molecule has 28 heavy (non-hydrogen) atoms. The number of nitrogen functional groups attached to an aromatic ring is 1. The zero-order valence-corrected chi connectivity index (χ0v) is 16.7. The topological polar surface area (TPSA) is 105 Å². The van der Waals surface area contributed by atoms with Crippen LogP contribution in [0.4, 0.5) is 5.69 Å². The normalized spacial score (nSPS) is 19.8. The van der Waals surface area contributed by atoms with Crippen molar-refractivity contribution < 1.29 is 19.4 Å². The summed E-state index contributed by atoms with van der Waals surface area (Å²) in [7, 11) is 0. The Morgan fingerprint density at radius 2 is 2.00 bits per heavy atom. The van der Waals surface area contributed by atoms with Crippen LogP contribution in [0.2, 0.25) is 5.02 Å². The van der Waals surface area contributed by atoms with Gasteiger partial charge in [0.05, 0.1) is 10.7 Å². The van der Waals surface area contributed by atoms with Crippen LogP contribution in [0, 0.1) is 0 Å². The lowest BCUT2D eigenvalue weighted by molar-refractivity contribution is -0.137. The molecular formula is C20H28ClN3O4. The van der Waals surface area contributed by atoms with Crippen molar-refractivity contribution in [3.05, 3.63) is 22.7 Å². The lowest BCUT2D eigenvalue weighted by atomic mass is 10.0. The van der Waals surface area contributed by atoms with Crippen molar-refractivity contribution in [3.63, 3.8) is 0 Å². The molecule has 0 aliphatic carbocycles. The van der Waals surface area contributed by atoms with Gasteiger partial charge in [0.25, 0.3) is 5.91 Å². The van der Waals surface area contributed by atoms with Crippen molar-refractivity contribution in [1.82, 2.24) is 10.2 Å². The van der Waals surface area contributed by atoms with Crippen molar-refractivity contribution >= 4 is 29.2 Å². The summed E-state index contributed by atoms with van der Waals surface area (Å²) in [5, 5.41) is 12.2. The number of anilines is 1. The predicted molar refractivity (Wildman–Crippen MR) is 108 cm³/mol. The van der Waals surface area contributed by atoms with E-state index in [9.17, 15) is 9.59 Å². The van der Waals surface area contributed by atoms with Gasteiger partial charge in [0.2, 0.25) is 0 Å². The molecule has 1 saturated heterocycles. The van der Waals surface area contributed by atoms with Crippen LogP contribution in [0.25, 0.3) is 0 Å². The molecule has 1 amide bonds. The molecule has 0 saturated carbocycles. The quantitative estimate of drug-likeness (QED) is 0.450. The fourth-order valence-electron chi connectivity index (χ4n) is 3.85. The van der Waals surface area contributed by atoms with E-state index in [0.29, 0.717) is 22.9 Å². The molecule has 1 fully saturated rings. The van der Waals surface area contributed by atoms with Crippen LogP contribution in [0.3, 0.4) is 0 Å². The number of carbonyl (C=O) groups is 2. The third-order valence-electron chi connectivity index (χ3n) is 5.51. The largest absolute Gasteiger partial charge is 0.481 e. The lowest BCUT2D eigenvalue weighted by Crippen LogP contribution is -2.48. The number of nitrogens with one attached hydrogen (secondary N) is 1. The first-order valence-corrected chi connectivity index (χ1v) is 10.3. The van der Waals surface area contributed by atoms with E-state index in [1.165, 1.54) is 0 Å². The van der Waals surface area contributed by atoms with Gasteiger partial charge in [0, 0.05) is 37.5 Å². The van der Waals surface area contributed by atoms with Gasteiger partial charge in [0.15, 0.2) is 6.10 Å². The molecule has 1 atom stereocenters. The number of unbranched alkanes of at least 4 members (excludes halogenated alkanes) is 2. The van der Waals surface area contributed by atoms with E-state index in [1.807, 2.05) is 0 Å². The number of nitrogens with two attached hydrogens (primary N) is 1. The molecule has 0 bridgehead atoms. The van der Waals surface area contributed by atoms with Gasteiger partial charge < -0.3 is 25.8 Å². The smallest absolute Gasteiger partial charge is 0.303 e. The van der Waals surface area contributed by atoms with Gasteiger partial charge in [-0.2, -0.15) is 0 Å². The van der Waals surface area contributed by atoms with E-state index < -0.39 is 12.1 Å². The Morgan fingerprint density at radius 1 is 1.25 bits per heavy atom. The highest BCUT2D eigenvalue weighted by molar-refractivity contribution is 6.33. The van der Waals surface area contributed by atoms with E-state index in [0.717, 1.165) is 57.3 Å². The second-order valence-electron chi connectivity index (χ2n) is 7.58. The van der Waals surface area contributed by atoms with E-state index in [2.05, 4.69) is 10.2 Å². The fraction of sp³-hybridized carbons (Fsp3) is 0.600. The number of hydrogen-bond acceptors (Lipinski definition) is 5. The van der Waals surface area contributed by atoms with E-state index in [4.69, 9.17) is 27.2 Å². The Kier molecular flexibility index (Phi) is 7.02. The molecule has 7 nitrogen and oxygen atoms in total. The third kappa shape index (κ3) is 5.29. The summed E-state index contributed by atoms with van der Waals surface area (Å²) in [6.45, 7) is 2.87. The van der Waals surface area contributed by atoms with Gasteiger partial charge >= 0.3 is 5.97 Å². The molecule has 154 valence electrons. The third-order valence-corrected chi connectivity index (χ3v) is 5.84. The average Bonchev–Trinajstić information content (AvgIpc) is 3.11. The molecule has 3 rings (SSSR count). The summed E-state index contributed by atoms with van der Waals surface area (Å²) in [5.74, 6) is -0.185. The number of piperidine rings is 1. The number of likely N-dealkylation sites (tertiary alicyclic amines) is 1. The van der Waals surface area contributed by atoms with Crippen LogP contribution < -0.4 is 15.8 Å². The number of aliphatic carboxylic acids is 1. The molecular weight excluding hydrogens is 382 g/mol. The molecule has 2 aliphatic rings. The van der Waals surface area contributed by atoms with Crippen LogP contribution >= 0.6 is 11.6 Å². The van der Waals surface area contributed by atoms with Gasteiger partial charge in [-0.3, -0.25) is 9.59 Å². The van der Waals surface area contributed by atoms with Crippen molar-refractivity contribution in [2.45, 2.75) is 57.1 Å². The number of carboxylic acids is 1. The first-order chi connectivity index (χ1) is 13.4. The monoisotopic (exact) mass is 409 g/mol. The van der Waals surface area contributed by atoms with Crippen LogP contribution in [-0.4, -0.2) is 53.7 Å². The minimum atomic E-state index is -0.725. The van der Waals surface area contributed by atoms with Gasteiger partial charge in [0.1, 0.15) is 5.75 Å². The molecule has 1 aromatic rings. The highest BCUT2D eigenvalue weighted by Gasteiger charge is 2.32. The van der Waals surface area contributed by atoms with Crippen molar-refractivity contribution in [1.29, 1.82) is 0 Å². The summed E-state index contributed by atoms with van der Waals surface area (Å²) in [6, 6.07) is 3.60. The van der Waals surface area contributed by atoms with Crippen LogP contribution in [-0.2, 0) is 16.0 Å². The lowest BCUT2D eigenvalue weighted by Gasteiger charge is -2.32. The van der Waals surface area contributed by atoms with E-state index >= 15 is 0 Å². The number of benzene rings is 1. The van der Waals surface area contributed by atoms with Crippen LogP contribution in [0.15, 0.2) is 12.1 Å². The Bertz CT molecular complexity index is 720. The molecule has 2 aliphatic heterocycles. The summed E-state index contributed by atoms with van der Waals surface area (Å²) in [4.78, 5) is 25.5. The number of ether oxygens (including phenoxy) is 1. The predicted octanol–water partition coefficient (Wildman–Crippen LogP) is 2.45. The summed E-state index contributed by atoms with van der Waals surface area (Å²) < 4.78 is 5.76. The Balaban J connectivity index is 1.37. The minimum absolute atomic E-state index is 0.0983. The highest BCUT2D eigenvalue weighted by atomic mass is 35.5. The SMILES string of the molecule is Nc1c(Cl)ccc2c1CC(C(=O)NC1CCN(CCCCCC(=O)O)CC1)O2. The van der Waals surface area contributed by atoms with Gasteiger partial charge in [-0.15, -0.1) is 0 Å². The Morgan fingerprint density at radius 3 is 2.71 bits per heavy atom. The number of nitrogens with zero attached hydrogens (tertiary/aromatic N) is 1. The number of amides is 1. The molecule has 4 N–H and O–H groups in total. The summed E-state index contributed by atoms with van der Waals surface area (Å²) in [6.07, 6.45) is 4.66. The Labute approximate surface area is 170 Å². The molecule has 1 unspecified atom stereocenters. The maximum Gasteiger partial charge on any atom is 0.303 e. The van der Waals surface area contributed by atoms with Gasteiger partial charge in [-0.1, -0.05) is 18.0 Å². The molecule has 2 heterocycles. The molecule has 8 heteroatoms. The standard InChI is InChI=1S/C20H28ClN3O4/c21-15-5-6-16-14(19(15)22)12-17(28-16)20(27)23-13-7-10-24(11-8-13)9-3-1-2-4-18(25)26/h5-6,13,17H,1-4,7-12,22H2,(H,23,27)(H,25,26). The van der Waals surface area contributed by atoms with Crippen molar-refractivity contribution in [2.75, 3.05) is 25.4 Å². The zero-order chi connectivity index (χ0) is 20.1. The molecule has 0 aromatic heterocycles. The van der Waals surface area contributed by atoms with Crippen LogP contribution in [0.1, 0.15) is 44.1 Å². The van der Waals surface area contributed by atoms with Crippen molar-refractivity contribution in [2.24, 2.45) is 0 Å². The molecule has 1 aromatic carbocycles. The first kappa shape index (κ1) is 20.7. The number of halogens is 1. The fourth-order valence-corrected chi connectivity index (χ4v) is 4.02. The minimum Gasteiger partial charge on any atom is -0.481 e. The maximum absolute atomic E-state index is 12.6. The van der Waals surface area contributed by atoms with Gasteiger partial charge in [-0.25, -0.2) is 0 Å².